The summed E-state index contributed by atoms with van der Waals surface area (Å²) in [6, 6.07) is 5.81. The fourth-order valence-corrected chi connectivity index (χ4v) is 3.56. The molecule has 0 N–H and O–H groups in total. The summed E-state index contributed by atoms with van der Waals surface area (Å²) in [6.45, 7) is 8.03. The molecule has 0 bridgehead atoms. The van der Waals surface area contributed by atoms with Crippen molar-refractivity contribution in [2.24, 2.45) is 0 Å². The van der Waals surface area contributed by atoms with Crippen molar-refractivity contribution in [3.8, 4) is 17.2 Å². The molecule has 0 radical (unpaired) electrons. The Balaban J connectivity index is 1.13. The molecular weight excluding hydrogens is 350 g/mol. The van der Waals surface area contributed by atoms with E-state index >= 15 is 0 Å². The van der Waals surface area contributed by atoms with Crippen LogP contribution < -0.4 is 14.2 Å². The maximum Gasteiger partial charge on any atom is 0.320 e. The van der Waals surface area contributed by atoms with Crippen molar-refractivity contribution in [3.63, 3.8) is 0 Å². The molecule has 2 amide bonds. The van der Waals surface area contributed by atoms with E-state index in [-0.39, 0.29) is 12.8 Å². The third-order valence-electron chi connectivity index (χ3n) is 5.16. The second-order valence-electron chi connectivity index (χ2n) is 6.93. The Morgan fingerprint density at radius 2 is 1.70 bits per heavy atom. The van der Waals surface area contributed by atoms with E-state index in [1.54, 1.807) is 0 Å². The number of carbonyl (C=O) groups is 1. The van der Waals surface area contributed by atoms with Gasteiger partial charge in [0.1, 0.15) is 5.75 Å². The van der Waals surface area contributed by atoms with Gasteiger partial charge in [-0.1, -0.05) is 0 Å². The molecule has 0 spiro atoms. The first-order valence-electron chi connectivity index (χ1n) is 9.66. The number of rotatable bonds is 5. The summed E-state index contributed by atoms with van der Waals surface area (Å²) in [5.41, 5.74) is 0. The lowest BCUT2D eigenvalue weighted by molar-refractivity contribution is 0.0375. The van der Waals surface area contributed by atoms with Crippen LogP contribution in [0, 0.1) is 0 Å². The molecule has 8 nitrogen and oxygen atoms in total. The predicted octanol–water partition coefficient (Wildman–Crippen LogP) is 1.25. The highest BCUT2D eigenvalue weighted by molar-refractivity contribution is 5.74. The smallest absolute Gasteiger partial charge is 0.320 e. The first-order valence-corrected chi connectivity index (χ1v) is 9.66. The number of benzene rings is 1. The number of urea groups is 1. The van der Waals surface area contributed by atoms with Crippen LogP contribution in [0.1, 0.15) is 6.42 Å². The van der Waals surface area contributed by atoms with Crippen molar-refractivity contribution in [2.45, 2.75) is 6.42 Å². The number of nitrogens with zero attached hydrogens (tertiary/aromatic N) is 3. The summed E-state index contributed by atoms with van der Waals surface area (Å²) < 4.78 is 21.8. The van der Waals surface area contributed by atoms with E-state index in [0.29, 0.717) is 32.9 Å². The van der Waals surface area contributed by atoms with Crippen LogP contribution in [0.2, 0.25) is 0 Å². The van der Waals surface area contributed by atoms with Crippen LogP contribution in [0.25, 0.3) is 0 Å². The molecule has 3 aliphatic heterocycles. The van der Waals surface area contributed by atoms with E-state index in [1.807, 2.05) is 28.0 Å². The van der Waals surface area contributed by atoms with Gasteiger partial charge >= 0.3 is 6.03 Å². The first-order chi connectivity index (χ1) is 13.3. The summed E-state index contributed by atoms with van der Waals surface area (Å²) >= 11 is 0. The summed E-state index contributed by atoms with van der Waals surface area (Å²) in [4.78, 5) is 18.8. The molecule has 3 aliphatic rings. The van der Waals surface area contributed by atoms with Gasteiger partial charge in [0.05, 0.1) is 19.8 Å². The van der Waals surface area contributed by atoms with Gasteiger partial charge in [0.25, 0.3) is 0 Å². The lowest BCUT2D eigenvalue weighted by Gasteiger charge is -2.38. The minimum Gasteiger partial charge on any atom is -0.493 e. The van der Waals surface area contributed by atoms with Gasteiger partial charge in [-0.3, -0.25) is 4.90 Å². The Bertz CT molecular complexity index is 642. The lowest BCUT2D eigenvalue weighted by Crippen LogP contribution is -2.54. The number of ether oxygens (including phenoxy) is 4. The zero-order valence-corrected chi connectivity index (χ0v) is 15.6. The molecule has 1 aromatic carbocycles. The number of amides is 2. The van der Waals surface area contributed by atoms with E-state index in [0.717, 1.165) is 56.4 Å². The third-order valence-corrected chi connectivity index (χ3v) is 5.16. The Morgan fingerprint density at radius 1 is 0.963 bits per heavy atom. The van der Waals surface area contributed by atoms with Crippen molar-refractivity contribution in [3.05, 3.63) is 18.2 Å². The molecule has 8 heteroatoms. The van der Waals surface area contributed by atoms with Gasteiger partial charge in [-0.15, -0.1) is 0 Å². The van der Waals surface area contributed by atoms with E-state index in [9.17, 15) is 4.79 Å². The van der Waals surface area contributed by atoms with Crippen molar-refractivity contribution in [2.75, 3.05) is 72.4 Å². The maximum absolute atomic E-state index is 12.5. The Kier molecular flexibility index (Phi) is 5.84. The minimum absolute atomic E-state index is 0.157. The molecule has 0 aliphatic carbocycles. The molecule has 1 aromatic rings. The van der Waals surface area contributed by atoms with Gasteiger partial charge in [-0.25, -0.2) is 4.79 Å². The van der Waals surface area contributed by atoms with Gasteiger partial charge in [-0.2, -0.15) is 0 Å². The molecule has 2 fully saturated rings. The highest BCUT2D eigenvalue weighted by atomic mass is 16.7. The van der Waals surface area contributed by atoms with Crippen LogP contribution in [0.15, 0.2) is 18.2 Å². The number of fused-ring (bicyclic) bond motifs is 1. The maximum atomic E-state index is 12.5. The molecule has 148 valence electrons. The normalized spacial score (nSPS) is 20.0. The number of carbonyl (C=O) groups excluding carboxylic acids is 1. The summed E-state index contributed by atoms with van der Waals surface area (Å²) in [7, 11) is 0. The molecule has 2 saturated heterocycles. The average molecular weight is 377 g/mol. The molecule has 4 rings (SSSR count). The molecule has 0 saturated carbocycles. The van der Waals surface area contributed by atoms with Crippen LogP contribution in [0.3, 0.4) is 0 Å². The Hall–Kier alpha value is -2.19. The van der Waals surface area contributed by atoms with Crippen molar-refractivity contribution in [1.29, 1.82) is 0 Å². The summed E-state index contributed by atoms with van der Waals surface area (Å²) in [5, 5.41) is 0. The van der Waals surface area contributed by atoms with Crippen molar-refractivity contribution >= 4 is 6.03 Å². The van der Waals surface area contributed by atoms with Gasteiger partial charge in [0.15, 0.2) is 11.5 Å². The Labute approximate surface area is 159 Å². The highest BCUT2D eigenvalue weighted by Crippen LogP contribution is 2.35. The average Bonchev–Trinajstić information content (AvgIpc) is 3.20. The molecule has 0 unspecified atom stereocenters. The number of piperazine rings is 1. The molecule has 27 heavy (non-hydrogen) atoms. The van der Waals surface area contributed by atoms with Gasteiger partial charge in [0.2, 0.25) is 6.79 Å². The fraction of sp³-hybridized carbons (Fsp3) is 0.632. The van der Waals surface area contributed by atoms with E-state index in [4.69, 9.17) is 18.9 Å². The third kappa shape index (κ3) is 4.56. The highest BCUT2D eigenvalue weighted by Gasteiger charge is 2.26. The molecule has 3 heterocycles. The zero-order valence-electron chi connectivity index (χ0n) is 15.6. The predicted molar refractivity (Wildman–Crippen MR) is 98.5 cm³/mol. The topological polar surface area (TPSA) is 63.7 Å². The van der Waals surface area contributed by atoms with Crippen molar-refractivity contribution in [1.82, 2.24) is 14.7 Å². The minimum atomic E-state index is 0.157. The Morgan fingerprint density at radius 3 is 2.52 bits per heavy atom. The van der Waals surface area contributed by atoms with Gasteiger partial charge in [-0.05, 0) is 18.6 Å². The first kappa shape index (κ1) is 18.2. The summed E-state index contributed by atoms with van der Waals surface area (Å²) in [5.74, 6) is 2.32. The van der Waals surface area contributed by atoms with Gasteiger partial charge < -0.3 is 28.7 Å². The lowest BCUT2D eigenvalue weighted by atomic mass is 10.3. The second-order valence-corrected chi connectivity index (χ2v) is 6.93. The van der Waals surface area contributed by atoms with E-state index in [2.05, 4.69) is 4.90 Å². The number of hydrogen-bond donors (Lipinski definition) is 0. The molecule has 0 aromatic heterocycles. The van der Waals surface area contributed by atoms with Crippen molar-refractivity contribution < 1.29 is 23.7 Å². The molecule has 0 atom stereocenters. The summed E-state index contributed by atoms with van der Waals surface area (Å²) in [6.07, 6.45) is 0.950. The van der Waals surface area contributed by atoms with Crippen LogP contribution in [-0.4, -0.2) is 93.2 Å². The van der Waals surface area contributed by atoms with E-state index in [1.165, 1.54) is 0 Å². The van der Waals surface area contributed by atoms with Crippen LogP contribution in [0.4, 0.5) is 4.79 Å². The van der Waals surface area contributed by atoms with Crippen LogP contribution in [-0.2, 0) is 4.74 Å². The number of hydrogen-bond acceptors (Lipinski definition) is 6. The second kappa shape index (κ2) is 8.67. The van der Waals surface area contributed by atoms with Crippen LogP contribution in [0.5, 0.6) is 17.2 Å². The number of morpholine rings is 1. The zero-order chi connectivity index (χ0) is 18.5. The van der Waals surface area contributed by atoms with Crippen LogP contribution >= 0.6 is 0 Å². The van der Waals surface area contributed by atoms with E-state index < -0.39 is 0 Å². The fourth-order valence-electron chi connectivity index (χ4n) is 3.56. The largest absolute Gasteiger partial charge is 0.493 e. The quantitative estimate of drug-likeness (QED) is 0.720. The monoisotopic (exact) mass is 377 g/mol. The SMILES string of the molecule is O=C(N1CCOCC1)N1CCN(CCCOc2ccc3c(c2)OCO3)CC1. The molecular formula is C19H27N3O5. The van der Waals surface area contributed by atoms with Gasteiger partial charge in [0, 0.05) is 51.9 Å². The standard InChI is InChI=1S/C19H27N3O5/c23-19(22-9-12-24-13-10-22)21-7-5-20(6-8-21)4-1-11-25-16-2-3-17-18(14-16)27-15-26-17/h2-3,14H,1,4-13,15H2.